The van der Waals surface area contributed by atoms with E-state index in [-0.39, 0.29) is 17.6 Å². The molecule has 0 saturated carbocycles. The van der Waals surface area contributed by atoms with Crippen molar-refractivity contribution in [3.05, 3.63) is 78.1 Å². The zero-order valence-corrected chi connectivity index (χ0v) is 16.3. The van der Waals surface area contributed by atoms with E-state index in [0.717, 1.165) is 0 Å². The molecule has 1 aromatic heterocycles. The molecule has 0 radical (unpaired) electrons. The molecule has 0 bridgehead atoms. The van der Waals surface area contributed by atoms with E-state index in [2.05, 4.69) is 10.3 Å². The molecule has 0 aliphatic heterocycles. The van der Waals surface area contributed by atoms with Crippen LogP contribution in [0.2, 0.25) is 0 Å². The molecule has 150 valence electrons. The summed E-state index contributed by atoms with van der Waals surface area (Å²) >= 11 is 0. The second-order valence-electron chi connectivity index (χ2n) is 6.79. The van der Waals surface area contributed by atoms with Gasteiger partial charge in [-0.25, -0.2) is 9.37 Å². The molecule has 0 unspecified atom stereocenters. The second-order valence-corrected chi connectivity index (χ2v) is 6.79. The van der Waals surface area contributed by atoms with Crippen molar-refractivity contribution in [2.45, 2.75) is 6.92 Å². The van der Waals surface area contributed by atoms with E-state index in [1.54, 1.807) is 61.6 Å². The molecule has 7 heteroatoms. The lowest BCUT2D eigenvalue weighted by molar-refractivity contribution is -0.116. The summed E-state index contributed by atoms with van der Waals surface area (Å²) in [6.07, 6.45) is 0. The van der Waals surface area contributed by atoms with E-state index in [9.17, 15) is 14.0 Å². The minimum atomic E-state index is -0.333. The number of carbonyl (C=O) groups is 2. The number of aromatic nitrogens is 1. The first-order valence-corrected chi connectivity index (χ1v) is 9.23. The third kappa shape index (κ3) is 3.91. The van der Waals surface area contributed by atoms with Crippen LogP contribution in [0.3, 0.4) is 0 Å². The Labute approximate surface area is 171 Å². The molecule has 0 atom stereocenters. The number of hydrogen-bond acceptors (Lipinski definition) is 4. The van der Waals surface area contributed by atoms with Gasteiger partial charge in [-0.1, -0.05) is 0 Å². The average Bonchev–Trinajstić information content (AvgIpc) is 3.17. The summed E-state index contributed by atoms with van der Waals surface area (Å²) in [5.41, 5.74) is 3.51. The Morgan fingerprint density at radius 2 is 1.70 bits per heavy atom. The lowest BCUT2D eigenvalue weighted by Gasteiger charge is -2.15. The summed E-state index contributed by atoms with van der Waals surface area (Å²) in [5.74, 6) is -0.336. The van der Waals surface area contributed by atoms with E-state index < -0.39 is 0 Å². The zero-order valence-electron chi connectivity index (χ0n) is 16.3. The Kier molecular flexibility index (Phi) is 5.02. The summed E-state index contributed by atoms with van der Waals surface area (Å²) in [6.45, 7) is 1.47. The molecule has 0 aliphatic carbocycles. The Bertz CT molecular complexity index is 1230. The van der Waals surface area contributed by atoms with E-state index in [1.165, 1.54) is 24.0 Å². The SMILES string of the molecule is CC(=O)N(C)c1ccc(C(=O)Nc2ccc3nc(-c4ccc(F)cc4)oc3c2)cc1. The predicted octanol–water partition coefficient (Wildman–Crippen LogP) is 4.87. The minimum absolute atomic E-state index is 0.0902. The van der Waals surface area contributed by atoms with Crippen molar-refractivity contribution in [3.8, 4) is 11.5 Å². The van der Waals surface area contributed by atoms with Crippen LogP contribution >= 0.6 is 0 Å². The van der Waals surface area contributed by atoms with Gasteiger partial charge in [0.25, 0.3) is 5.91 Å². The number of nitrogens with one attached hydrogen (secondary N) is 1. The Morgan fingerprint density at radius 1 is 1.00 bits per heavy atom. The van der Waals surface area contributed by atoms with Crippen LogP contribution in [0.4, 0.5) is 15.8 Å². The van der Waals surface area contributed by atoms with Gasteiger partial charge < -0.3 is 14.6 Å². The van der Waals surface area contributed by atoms with Gasteiger partial charge in [0.1, 0.15) is 11.3 Å². The first-order valence-electron chi connectivity index (χ1n) is 9.23. The molecule has 0 saturated heterocycles. The third-order valence-corrected chi connectivity index (χ3v) is 4.73. The fourth-order valence-electron chi connectivity index (χ4n) is 2.94. The molecule has 0 spiro atoms. The van der Waals surface area contributed by atoms with Gasteiger partial charge in [0.15, 0.2) is 5.58 Å². The summed E-state index contributed by atoms with van der Waals surface area (Å²) in [7, 11) is 1.67. The highest BCUT2D eigenvalue weighted by Gasteiger charge is 2.12. The molecule has 0 fully saturated rings. The maximum Gasteiger partial charge on any atom is 0.255 e. The number of nitrogens with zero attached hydrogens (tertiary/aromatic N) is 2. The molecule has 2 amide bonds. The molecule has 4 aromatic rings. The third-order valence-electron chi connectivity index (χ3n) is 4.73. The topological polar surface area (TPSA) is 75.4 Å². The summed E-state index contributed by atoms with van der Waals surface area (Å²) in [5, 5.41) is 2.82. The van der Waals surface area contributed by atoms with Crippen molar-refractivity contribution in [2.75, 3.05) is 17.3 Å². The van der Waals surface area contributed by atoms with Crippen LogP contribution in [-0.2, 0) is 4.79 Å². The van der Waals surface area contributed by atoms with Crippen LogP contribution < -0.4 is 10.2 Å². The molecule has 4 rings (SSSR count). The molecule has 6 nitrogen and oxygen atoms in total. The van der Waals surface area contributed by atoms with Crippen LogP contribution in [0.5, 0.6) is 0 Å². The van der Waals surface area contributed by atoms with Gasteiger partial charge in [0.2, 0.25) is 11.8 Å². The van der Waals surface area contributed by atoms with Crippen LogP contribution in [0.15, 0.2) is 71.1 Å². The highest BCUT2D eigenvalue weighted by molar-refractivity contribution is 6.05. The fourth-order valence-corrected chi connectivity index (χ4v) is 2.94. The minimum Gasteiger partial charge on any atom is -0.436 e. The smallest absolute Gasteiger partial charge is 0.255 e. The van der Waals surface area contributed by atoms with Gasteiger partial charge in [0, 0.05) is 42.5 Å². The Morgan fingerprint density at radius 3 is 2.37 bits per heavy atom. The number of fused-ring (bicyclic) bond motifs is 1. The molecule has 30 heavy (non-hydrogen) atoms. The van der Waals surface area contributed by atoms with E-state index in [4.69, 9.17) is 4.42 Å². The molecule has 1 N–H and O–H groups in total. The van der Waals surface area contributed by atoms with Gasteiger partial charge in [-0.3, -0.25) is 9.59 Å². The molecule has 0 aliphatic rings. The Balaban J connectivity index is 1.52. The predicted molar refractivity (Wildman–Crippen MR) is 113 cm³/mol. The number of benzene rings is 3. The summed E-state index contributed by atoms with van der Waals surface area (Å²) in [4.78, 5) is 29.9. The monoisotopic (exact) mass is 403 g/mol. The summed E-state index contributed by atoms with van der Waals surface area (Å²) in [6, 6.07) is 17.8. The number of oxazole rings is 1. The lowest BCUT2D eigenvalue weighted by atomic mass is 10.1. The van der Waals surface area contributed by atoms with Crippen molar-refractivity contribution >= 4 is 34.3 Å². The highest BCUT2D eigenvalue weighted by Crippen LogP contribution is 2.26. The van der Waals surface area contributed by atoms with E-state index in [1.807, 2.05) is 0 Å². The number of carbonyl (C=O) groups excluding carboxylic acids is 2. The van der Waals surface area contributed by atoms with Crippen LogP contribution in [0.25, 0.3) is 22.6 Å². The van der Waals surface area contributed by atoms with Crippen molar-refractivity contribution in [1.29, 1.82) is 0 Å². The number of halogens is 1. The maximum absolute atomic E-state index is 13.1. The van der Waals surface area contributed by atoms with Crippen molar-refractivity contribution in [3.63, 3.8) is 0 Å². The quantitative estimate of drug-likeness (QED) is 0.528. The van der Waals surface area contributed by atoms with Gasteiger partial charge in [-0.15, -0.1) is 0 Å². The second kappa shape index (κ2) is 7.79. The number of amides is 2. The van der Waals surface area contributed by atoms with Crippen molar-refractivity contribution in [1.82, 2.24) is 4.98 Å². The van der Waals surface area contributed by atoms with Gasteiger partial charge in [-0.2, -0.15) is 0 Å². The fraction of sp³-hybridized carbons (Fsp3) is 0.0870. The van der Waals surface area contributed by atoms with Gasteiger partial charge in [0.05, 0.1) is 0 Å². The van der Waals surface area contributed by atoms with Crippen LogP contribution in [-0.4, -0.2) is 23.8 Å². The van der Waals surface area contributed by atoms with Gasteiger partial charge in [-0.05, 0) is 60.7 Å². The number of anilines is 2. The van der Waals surface area contributed by atoms with E-state index >= 15 is 0 Å². The molecule has 3 aromatic carbocycles. The van der Waals surface area contributed by atoms with E-state index in [0.29, 0.717) is 39.5 Å². The van der Waals surface area contributed by atoms with Gasteiger partial charge >= 0.3 is 0 Å². The summed E-state index contributed by atoms with van der Waals surface area (Å²) < 4.78 is 18.9. The first-order chi connectivity index (χ1) is 14.4. The maximum atomic E-state index is 13.1. The largest absolute Gasteiger partial charge is 0.436 e. The standard InChI is InChI=1S/C23H18FN3O3/c1-14(28)27(2)19-10-5-15(6-11-19)22(29)25-18-9-12-20-21(13-18)30-23(26-20)16-3-7-17(24)8-4-16/h3-13H,1-2H3,(H,25,29). The van der Waals surface area contributed by atoms with Crippen LogP contribution in [0, 0.1) is 5.82 Å². The number of hydrogen-bond donors (Lipinski definition) is 1. The van der Waals surface area contributed by atoms with Crippen molar-refractivity contribution in [2.24, 2.45) is 0 Å². The molecule has 1 heterocycles. The molecular formula is C23H18FN3O3. The highest BCUT2D eigenvalue weighted by atomic mass is 19.1. The lowest BCUT2D eigenvalue weighted by Crippen LogP contribution is -2.22. The average molecular weight is 403 g/mol. The Hall–Kier alpha value is -4.00. The van der Waals surface area contributed by atoms with Crippen molar-refractivity contribution < 1.29 is 18.4 Å². The zero-order chi connectivity index (χ0) is 21.3. The van der Waals surface area contributed by atoms with Crippen LogP contribution in [0.1, 0.15) is 17.3 Å². The first kappa shape index (κ1) is 19.3. The number of rotatable bonds is 4. The normalized spacial score (nSPS) is 10.8. The molecular weight excluding hydrogens is 385 g/mol.